The average molecular weight is 348 g/mol. The van der Waals surface area contributed by atoms with Gasteiger partial charge in [-0.2, -0.15) is 13.2 Å². The molecule has 25 heavy (non-hydrogen) atoms. The third kappa shape index (κ3) is 4.54. The van der Waals surface area contributed by atoms with E-state index >= 15 is 0 Å². The molecule has 1 atom stereocenters. The van der Waals surface area contributed by atoms with Gasteiger partial charge in [0, 0.05) is 37.9 Å². The number of halogens is 3. The summed E-state index contributed by atoms with van der Waals surface area (Å²) in [6, 6.07) is 16.2. The Morgan fingerprint density at radius 2 is 1.60 bits per heavy atom. The Kier molecular flexibility index (Phi) is 5.33. The van der Waals surface area contributed by atoms with Crippen LogP contribution in [0.1, 0.15) is 18.1 Å². The maximum absolute atomic E-state index is 12.8. The molecule has 0 N–H and O–H groups in total. The quantitative estimate of drug-likeness (QED) is 0.805. The molecule has 3 rings (SSSR count). The fourth-order valence-corrected chi connectivity index (χ4v) is 3.40. The van der Waals surface area contributed by atoms with Crippen LogP contribution in [0.2, 0.25) is 0 Å². The van der Waals surface area contributed by atoms with E-state index in [4.69, 9.17) is 0 Å². The maximum Gasteiger partial charge on any atom is 0.416 e. The molecule has 2 nitrogen and oxygen atoms in total. The summed E-state index contributed by atoms with van der Waals surface area (Å²) < 4.78 is 38.5. The van der Waals surface area contributed by atoms with Gasteiger partial charge in [0.05, 0.1) is 5.56 Å². The van der Waals surface area contributed by atoms with Crippen LogP contribution in [-0.2, 0) is 12.6 Å². The second kappa shape index (κ2) is 7.48. The standard InChI is InChI=1S/C20H23F3N2/c1-16(14-17-6-5-7-18(15-17)20(21,22)23)24-10-12-25(13-11-24)19-8-3-2-4-9-19/h2-9,15-16H,10-14H2,1H3. The van der Waals surface area contributed by atoms with Crippen LogP contribution in [0, 0.1) is 0 Å². The first-order valence-corrected chi connectivity index (χ1v) is 8.63. The van der Waals surface area contributed by atoms with Crippen molar-refractivity contribution in [1.82, 2.24) is 4.90 Å². The van der Waals surface area contributed by atoms with Gasteiger partial charge in [-0.1, -0.05) is 36.4 Å². The van der Waals surface area contributed by atoms with Crippen LogP contribution in [0.25, 0.3) is 0 Å². The highest BCUT2D eigenvalue weighted by atomic mass is 19.4. The van der Waals surface area contributed by atoms with Gasteiger partial charge in [0.1, 0.15) is 0 Å². The number of nitrogens with zero attached hydrogens (tertiary/aromatic N) is 2. The summed E-state index contributed by atoms with van der Waals surface area (Å²) in [5, 5.41) is 0. The molecule has 0 amide bonds. The lowest BCUT2D eigenvalue weighted by molar-refractivity contribution is -0.137. The number of benzene rings is 2. The topological polar surface area (TPSA) is 6.48 Å². The molecule has 0 aliphatic carbocycles. The smallest absolute Gasteiger partial charge is 0.369 e. The van der Waals surface area contributed by atoms with Gasteiger partial charge < -0.3 is 4.90 Å². The summed E-state index contributed by atoms with van der Waals surface area (Å²) in [7, 11) is 0. The van der Waals surface area contributed by atoms with Crippen LogP contribution < -0.4 is 4.90 Å². The summed E-state index contributed by atoms with van der Waals surface area (Å²) >= 11 is 0. The lowest BCUT2D eigenvalue weighted by Crippen LogP contribution is -2.50. The molecule has 1 saturated heterocycles. The van der Waals surface area contributed by atoms with Crippen molar-refractivity contribution in [3.63, 3.8) is 0 Å². The number of hydrogen-bond acceptors (Lipinski definition) is 2. The first-order chi connectivity index (χ1) is 11.9. The molecule has 1 aliphatic rings. The highest BCUT2D eigenvalue weighted by Gasteiger charge is 2.30. The SMILES string of the molecule is CC(Cc1cccc(C(F)(F)F)c1)N1CCN(c2ccccc2)CC1. The van der Waals surface area contributed by atoms with E-state index in [9.17, 15) is 13.2 Å². The molecule has 0 bridgehead atoms. The Balaban J connectivity index is 1.57. The van der Waals surface area contributed by atoms with E-state index in [1.54, 1.807) is 6.07 Å². The molecule has 2 aromatic carbocycles. The van der Waals surface area contributed by atoms with E-state index in [0.29, 0.717) is 6.42 Å². The second-order valence-corrected chi connectivity index (χ2v) is 6.61. The third-order valence-corrected chi connectivity index (χ3v) is 4.84. The molecule has 1 heterocycles. The minimum atomic E-state index is -4.28. The molecule has 1 aliphatic heterocycles. The van der Waals surface area contributed by atoms with Gasteiger partial charge in [-0.05, 0) is 37.1 Å². The van der Waals surface area contributed by atoms with Crippen molar-refractivity contribution in [3.8, 4) is 0 Å². The third-order valence-electron chi connectivity index (χ3n) is 4.84. The molecule has 0 radical (unpaired) electrons. The van der Waals surface area contributed by atoms with Crippen molar-refractivity contribution in [2.24, 2.45) is 0 Å². The zero-order chi connectivity index (χ0) is 17.9. The zero-order valence-corrected chi connectivity index (χ0v) is 14.3. The summed E-state index contributed by atoms with van der Waals surface area (Å²) in [6.07, 6.45) is -3.64. The predicted molar refractivity (Wildman–Crippen MR) is 94.8 cm³/mol. The van der Waals surface area contributed by atoms with E-state index in [-0.39, 0.29) is 6.04 Å². The highest BCUT2D eigenvalue weighted by molar-refractivity contribution is 5.46. The second-order valence-electron chi connectivity index (χ2n) is 6.61. The van der Waals surface area contributed by atoms with E-state index in [2.05, 4.69) is 28.9 Å². The van der Waals surface area contributed by atoms with Crippen molar-refractivity contribution in [1.29, 1.82) is 0 Å². The van der Waals surface area contributed by atoms with Crippen LogP contribution in [-0.4, -0.2) is 37.1 Å². The lowest BCUT2D eigenvalue weighted by atomic mass is 10.0. The van der Waals surface area contributed by atoms with Crippen LogP contribution in [0.15, 0.2) is 54.6 Å². The minimum absolute atomic E-state index is 0.224. The number of anilines is 1. The average Bonchev–Trinajstić information content (AvgIpc) is 2.62. The normalized spacial score (nSPS) is 17.5. The fourth-order valence-electron chi connectivity index (χ4n) is 3.40. The van der Waals surface area contributed by atoms with Gasteiger partial charge in [-0.25, -0.2) is 0 Å². The number of rotatable bonds is 4. The Bertz CT molecular complexity index is 677. The van der Waals surface area contributed by atoms with Gasteiger partial charge in [-0.3, -0.25) is 4.90 Å². The van der Waals surface area contributed by atoms with Gasteiger partial charge in [0.2, 0.25) is 0 Å². The van der Waals surface area contributed by atoms with E-state index in [1.165, 1.54) is 17.8 Å². The van der Waals surface area contributed by atoms with Crippen molar-refractivity contribution in [2.45, 2.75) is 25.6 Å². The van der Waals surface area contributed by atoms with Crippen LogP contribution in [0.5, 0.6) is 0 Å². The molecule has 2 aromatic rings. The lowest BCUT2D eigenvalue weighted by Gasteiger charge is -2.39. The summed E-state index contributed by atoms with van der Waals surface area (Å²) in [4.78, 5) is 4.72. The molecule has 0 spiro atoms. The molecule has 1 fully saturated rings. The molecule has 134 valence electrons. The molecule has 1 unspecified atom stereocenters. The van der Waals surface area contributed by atoms with Crippen LogP contribution in [0.4, 0.5) is 18.9 Å². The monoisotopic (exact) mass is 348 g/mol. The van der Waals surface area contributed by atoms with Crippen molar-refractivity contribution < 1.29 is 13.2 Å². The minimum Gasteiger partial charge on any atom is -0.369 e. The summed E-state index contributed by atoms with van der Waals surface area (Å²) in [6.45, 7) is 5.83. The van der Waals surface area contributed by atoms with Gasteiger partial charge in [-0.15, -0.1) is 0 Å². The van der Waals surface area contributed by atoms with E-state index in [0.717, 1.165) is 37.8 Å². The van der Waals surface area contributed by atoms with Crippen molar-refractivity contribution in [2.75, 3.05) is 31.1 Å². The van der Waals surface area contributed by atoms with Gasteiger partial charge in [0.25, 0.3) is 0 Å². The summed E-state index contributed by atoms with van der Waals surface area (Å²) in [5.74, 6) is 0. The zero-order valence-electron chi connectivity index (χ0n) is 14.3. The number of hydrogen-bond donors (Lipinski definition) is 0. The number of para-hydroxylation sites is 1. The first-order valence-electron chi connectivity index (χ1n) is 8.63. The largest absolute Gasteiger partial charge is 0.416 e. The van der Waals surface area contributed by atoms with E-state index in [1.807, 2.05) is 18.2 Å². The Hall–Kier alpha value is -2.01. The predicted octanol–water partition coefficient (Wildman–Crippen LogP) is 4.46. The van der Waals surface area contributed by atoms with Crippen molar-refractivity contribution >= 4 is 5.69 Å². The molecular weight excluding hydrogens is 325 g/mol. The number of alkyl halides is 3. The molecule has 0 aromatic heterocycles. The van der Waals surface area contributed by atoms with E-state index < -0.39 is 11.7 Å². The molecule has 0 saturated carbocycles. The highest BCUT2D eigenvalue weighted by Crippen LogP contribution is 2.30. The van der Waals surface area contributed by atoms with Crippen molar-refractivity contribution in [3.05, 3.63) is 65.7 Å². The Morgan fingerprint density at radius 1 is 0.920 bits per heavy atom. The Labute approximate surface area is 146 Å². The molecule has 5 heteroatoms. The first kappa shape index (κ1) is 17.8. The molecular formula is C20H23F3N2. The fraction of sp³-hybridized carbons (Fsp3) is 0.400. The Morgan fingerprint density at radius 3 is 2.24 bits per heavy atom. The van der Waals surface area contributed by atoms with Gasteiger partial charge in [0.15, 0.2) is 0 Å². The van der Waals surface area contributed by atoms with Gasteiger partial charge >= 0.3 is 6.18 Å². The van der Waals surface area contributed by atoms with Crippen LogP contribution in [0.3, 0.4) is 0 Å². The maximum atomic E-state index is 12.8. The number of piperazine rings is 1. The van der Waals surface area contributed by atoms with Crippen LogP contribution >= 0.6 is 0 Å². The summed E-state index contributed by atoms with van der Waals surface area (Å²) in [5.41, 5.74) is 1.41.